The first-order chi connectivity index (χ1) is 12.0. The van der Waals surface area contributed by atoms with Crippen LogP contribution in [0.4, 0.5) is 17.1 Å². The molecule has 0 aliphatic carbocycles. The predicted octanol–water partition coefficient (Wildman–Crippen LogP) is 4.30. The Bertz CT molecular complexity index is 980. The molecular weight excluding hydrogens is 320 g/mol. The minimum absolute atomic E-state index is 0.0766. The Morgan fingerprint density at radius 1 is 1.08 bits per heavy atom. The van der Waals surface area contributed by atoms with Gasteiger partial charge < -0.3 is 5.11 Å². The fourth-order valence-electron chi connectivity index (χ4n) is 2.66. The molecule has 0 spiro atoms. The molecule has 25 heavy (non-hydrogen) atoms. The lowest BCUT2D eigenvalue weighted by atomic mass is 10.1. The van der Waals surface area contributed by atoms with Crippen molar-refractivity contribution in [1.29, 1.82) is 0 Å². The summed E-state index contributed by atoms with van der Waals surface area (Å²) in [6.45, 7) is 3.51. The second kappa shape index (κ2) is 6.45. The summed E-state index contributed by atoms with van der Waals surface area (Å²) in [5.41, 5.74) is 0.607. The van der Waals surface area contributed by atoms with Crippen LogP contribution in [0.5, 0.6) is 5.75 Å². The van der Waals surface area contributed by atoms with Crippen LogP contribution in [-0.2, 0) is 4.79 Å². The van der Waals surface area contributed by atoms with Crippen LogP contribution >= 0.6 is 0 Å². The monoisotopic (exact) mass is 334 g/mol. The van der Waals surface area contributed by atoms with E-state index in [1.807, 2.05) is 12.1 Å². The maximum atomic E-state index is 12.5. The summed E-state index contributed by atoms with van der Waals surface area (Å²) in [4.78, 5) is 24.1. The summed E-state index contributed by atoms with van der Waals surface area (Å²) in [7, 11) is 0. The molecule has 3 rings (SSSR count). The lowest BCUT2D eigenvalue weighted by Gasteiger charge is -2.24. The van der Waals surface area contributed by atoms with Gasteiger partial charge in [-0.3, -0.25) is 19.8 Å². The van der Waals surface area contributed by atoms with Crippen LogP contribution in [0.15, 0.2) is 73.3 Å². The molecule has 0 saturated carbocycles. The number of carbonyl (C=O) groups excluding carboxylic acids is 1. The number of carbonyl (C=O) groups is 1. The van der Waals surface area contributed by atoms with E-state index < -0.39 is 10.8 Å². The Balaban J connectivity index is 2.24. The molecule has 0 unspecified atom stereocenters. The van der Waals surface area contributed by atoms with Crippen LogP contribution in [-0.4, -0.2) is 15.9 Å². The highest BCUT2D eigenvalue weighted by Crippen LogP contribution is 2.40. The fourth-order valence-corrected chi connectivity index (χ4v) is 2.66. The highest BCUT2D eigenvalue weighted by Gasteiger charge is 2.22. The molecule has 0 atom stereocenters. The van der Waals surface area contributed by atoms with Crippen molar-refractivity contribution < 1.29 is 14.8 Å². The summed E-state index contributed by atoms with van der Waals surface area (Å²) < 4.78 is 0. The van der Waals surface area contributed by atoms with Gasteiger partial charge in [0.25, 0.3) is 11.6 Å². The van der Waals surface area contributed by atoms with Gasteiger partial charge in [-0.15, -0.1) is 0 Å². The number of hydrogen-bond donors (Lipinski definition) is 1. The van der Waals surface area contributed by atoms with Crippen molar-refractivity contribution in [1.82, 2.24) is 0 Å². The number of anilines is 2. The first kappa shape index (κ1) is 16.2. The second-order valence-electron chi connectivity index (χ2n) is 5.31. The summed E-state index contributed by atoms with van der Waals surface area (Å²) in [5.74, 6) is -0.534. The normalized spacial score (nSPS) is 10.4. The molecule has 0 bridgehead atoms. The van der Waals surface area contributed by atoms with Crippen LogP contribution in [0.3, 0.4) is 0 Å². The molecule has 3 aromatic rings. The van der Waals surface area contributed by atoms with Crippen molar-refractivity contribution >= 4 is 33.7 Å². The number of aromatic hydroxyl groups is 1. The van der Waals surface area contributed by atoms with E-state index in [-0.39, 0.29) is 11.4 Å². The van der Waals surface area contributed by atoms with Gasteiger partial charge in [-0.1, -0.05) is 36.9 Å². The predicted molar refractivity (Wildman–Crippen MR) is 96.1 cm³/mol. The largest absolute Gasteiger partial charge is 0.506 e. The zero-order valence-electron chi connectivity index (χ0n) is 13.1. The van der Waals surface area contributed by atoms with E-state index in [1.54, 1.807) is 18.2 Å². The van der Waals surface area contributed by atoms with Crippen molar-refractivity contribution in [2.75, 3.05) is 4.90 Å². The summed E-state index contributed by atoms with van der Waals surface area (Å²) in [6, 6.07) is 16.1. The highest BCUT2D eigenvalue weighted by atomic mass is 16.6. The number of nitrogens with zero attached hydrogens (tertiary/aromatic N) is 2. The Kier molecular flexibility index (Phi) is 4.18. The lowest BCUT2D eigenvalue weighted by Crippen LogP contribution is -2.24. The average Bonchev–Trinajstić information content (AvgIpc) is 2.64. The minimum atomic E-state index is -0.515. The molecule has 1 amide bonds. The number of fused-ring (bicyclic) bond motifs is 1. The van der Waals surface area contributed by atoms with E-state index in [2.05, 4.69) is 6.58 Å². The van der Waals surface area contributed by atoms with Crippen molar-refractivity contribution in [2.45, 2.75) is 0 Å². The van der Waals surface area contributed by atoms with E-state index in [9.17, 15) is 20.0 Å². The van der Waals surface area contributed by atoms with Crippen LogP contribution in [0.1, 0.15) is 0 Å². The number of non-ortho nitro benzene ring substituents is 1. The number of benzene rings is 3. The number of nitro benzene ring substituents is 1. The molecule has 0 saturated heterocycles. The second-order valence-corrected chi connectivity index (χ2v) is 5.31. The summed E-state index contributed by atoms with van der Waals surface area (Å²) >= 11 is 0. The smallest absolute Gasteiger partial charge is 0.269 e. The van der Waals surface area contributed by atoms with E-state index in [0.29, 0.717) is 16.8 Å². The molecule has 6 heteroatoms. The van der Waals surface area contributed by atoms with Crippen LogP contribution in [0.25, 0.3) is 10.8 Å². The van der Waals surface area contributed by atoms with Gasteiger partial charge in [0.15, 0.2) is 0 Å². The number of rotatable bonds is 4. The van der Waals surface area contributed by atoms with Gasteiger partial charge in [-0.2, -0.15) is 0 Å². The van der Waals surface area contributed by atoms with Gasteiger partial charge in [0.2, 0.25) is 0 Å². The van der Waals surface area contributed by atoms with Gasteiger partial charge >= 0.3 is 0 Å². The van der Waals surface area contributed by atoms with Gasteiger partial charge in [0.1, 0.15) is 5.75 Å². The molecule has 0 aromatic heterocycles. The van der Waals surface area contributed by atoms with Crippen LogP contribution in [0, 0.1) is 10.1 Å². The van der Waals surface area contributed by atoms with E-state index >= 15 is 0 Å². The number of phenolic OH excluding ortho intramolecular Hbond substituents is 1. The Morgan fingerprint density at radius 2 is 1.76 bits per heavy atom. The Morgan fingerprint density at radius 3 is 2.40 bits per heavy atom. The SMILES string of the molecule is C=CC(=O)N(c1ccc([N+](=O)[O-])cc1)c1c(O)ccc2ccccc12. The summed E-state index contributed by atoms with van der Waals surface area (Å²) in [6.07, 6.45) is 1.13. The van der Waals surface area contributed by atoms with Gasteiger partial charge in [-0.05, 0) is 29.7 Å². The molecular formula is C19H14N2O4. The third-order valence-corrected chi connectivity index (χ3v) is 3.82. The summed E-state index contributed by atoms with van der Waals surface area (Å²) in [5, 5.41) is 22.8. The third kappa shape index (κ3) is 2.92. The molecule has 0 aliphatic rings. The number of hydrogen-bond acceptors (Lipinski definition) is 4. The molecule has 6 nitrogen and oxygen atoms in total. The zero-order valence-corrected chi connectivity index (χ0v) is 13.1. The molecule has 0 aliphatic heterocycles. The van der Waals surface area contributed by atoms with E-state index in [1.165, 1.54) is 35.2 Å². The van der Waals surface area contributed by atoms with Crippen molar-refractivity contribution in [3.63, 3.8) is 0 Å². The van der Waals surface area contributed by atoms with Crippen molar-refractivity contribution in [3.8, 4) is 5.75 Å². The average molecular weight is 334 g/mol. The Labute approximate surface area is 143 Å². The number of amides is 1. The van der Waals surface area contributed by atoms with Crippen LogP contribution in [0.2, 0.25) is 0 Å². The quantitative estimate of drug-likeness (QED) is 0.438. The molecule has 1 N–H and O–H groups in total. The first-order valence-electron chi connectivity index (χ1n) is 7.44. The molecule has 0 heterocycles. The maximum Gasteiger partial charge on any atom is 0.269 e. The highest BCUT2D eigenvalue weighted by molar-refractivity contribution is 6.13. The van der Waals surface area contributed by atoms with E-state index in [0.717, 1.165) is 11.5 Å². The van der Waals surface area contributed by atoms with Crippen molar-refractivity contribution in [3.05, 3.63) is 83.4 Å². The zero-order chi connectivity index (χ0) is 18.0. The van der Waals surface area contributed by atoms with Crippen LogP contribution < -0.4 is 4.90 Å². The third-order valence-electron chi connectivity index (χ3n) is 3.82. The standard InChI is InChI=1S/C19H14N2O4/c1-2-18(23)20(14-8-10-15(11-9-14)21(24)25)19-16-6-4-3-5-13(16)7-12-17(19)22/h2-12,22H,1H2. The van der Waals surface area contributed by atoms with E-state index in [4.69, 9.17) is 0 Å². The number of phenols is 1. The van der Waals surface area contributed by atoms with Gasteiger partial charge in [0, 0.05) is 23.2 Å². The van der Waals surface area contributed by atoms with Gasteiger partial charge in [-0.25, -0.2) is 0 Å². The molecule has 124 valence electrons. The first-order valence-corrected chi connectivity index (χ1v) is 7.44. The fraction of sp³-hybridized carbons (Fsp3) is 0. The number of nitro groups is 1. The molecule has 0 radical (unpaired) electrons. The van der Waals surface area contributed by atoms with Crippen molar-refractivity contribution in [2.24, 2.45) is 0 Å². The molecule has 3 aromatic carbocycles. The topological polar surface area (TPSA) is 83.7 Å². The van der Waals surface area contributed by atoms with Gasteiger partial charge in [0.05, 0.1) is 10.6 Å². The Hall–Kier alpha value is -3.67. The molecule has 0 fully saturated rings. The minimum Gasteiger partial charge on any atom is -0.506 e. The lowest BCUT2D eigenvalue weighted by molar-refractivity contribution is -0.384. The maximum absolute atomic E-state index is 12.5.